The fourth-order valence-electron chi connectivity index (χ4n) is 1.36. The maximum atomic E-state index is 11.5. The first-order valence-electron chi connectivity index (χ1n) is 5.01. The Hall–Kier alpha value is -1.23. The molecule has 0 saturated carbocycles. The average molecular weight is 286 g/mol. The number of carbonyl (C=O) groups excluding carboxylic acids is 1. The Morgan fingerprint density at radius 1 is 1.38 bits per heavy atom. The van der Waals surface area contributed by atoms with Crippen LogP contribution in [0.25, 0.3) is 0 Å². The number of ether oxygens (including phenoxy) is 2. The largest absolute Gasteiger partial charge is 0.486 e. The van der Waals surface area contributed by atoms with Gasteiger partial charge in [-0.25, -0.2) is 0 Å². The highest BCUT2D eigenvalue weighted by molar-refractivity contribution is 9.10. The van der Waals surface area contributed by atoms with Gasteiger partial charge in [0, 0.05) is 11.8 Å². The first-order chi connectivity index (χ1) is 7.66. The Kier molecular flexibility index (Phi) is 3.33. The van der Waals surface area contributed by atoms with Gasteiger partial charge in [0.25, 0.3) is 0 Å². The molecule has 0 radical (unpaired) electrons. The summed E-state index contributed by atoms with van der Waals surface area (Å²) in [5.74, 6) is 1.30. The SMILES string of the molecule is C[C@H](Br)C(=O)Nc1ccc2c(c1)OCCO2. The van der Waals surface area contributed by atoms with E-state index in [1.807, 2.05) is 0 Å². The van der Waals surface area contributed by atoms with Crippen LogP contribution in [-0.2, 0) is 4.79 Å². The molecule has 1 atom stereocenters. The predicted octanol–water partition coefficient (Wildman–Crippen LogP) is 2.18. The summed E-state index contributed by atoms with van der Waals surface area (Å²) in [6.07, 6.45) is 0. The number of anilines is 1. The monoisotopic (exact) mass is 285 g/mol. The molecule has 1 amide bonds. The van der Waals surface area contributed by atoms with E-state index in [0.29, 0.717) is 24.7 Å². The number of hydrogen-bond donors (Lipinski definition) is 1. The highest BCUT2D eigenvalue weighted by Crippen LogP contribution is 2.32. The molecule has 0 aliphatic carbocycles. The lowest BCUT2D eigenvalue weighted by Crippen LogP contribution is -2.20. The molecular weight excluding hydrogens is 274 g/mol. The van der Waals surface area contributed by atoms with Gasteiger partial charge in [0.2, 0.25) is 5.91 Å². The molecule has 1 aromatic carbocycles. The molecule has 0 bridgehead atoms. The third-order valence-electron chi connectivity index (χ3n) is 2.17. The van der Waals surface area contributed by atoms with Gasteiger partial charge in [-0.1, -0.05) is 15.9 Å². The molecule has 0 spiro atoms. The van der Waals surface area contributed by atoms with Gasteiger partial charge in [-0.3, -0.25) is 4.79 Å². The van der Waals surface area contributed by atoms with Gasteiger partial charge in [-0.15, -0.1) is 0 Å². The van der Waals surface area contributed by atoms with Crippen molar-refractivity contribution in [3.63, 3.8) is 0 Å². The van der Waals surface area contributed by atoms with Crippen molar-refractivity contribution in [2.45, 2.75) is 11.8 Å². The summed E-state index contributed by atoms with van der Waals surface area (Å²) in [5, 5.41) is 2.77. The summed E-state index contributed by atoms with van der Waals surface area (Å²) in [7, 11) is 0. The van der Waals surface area contributed by atoms with Gasteiger partial charge in [0.05, 0.1) is 4.83 Å². The lowest BCUT2D eigenvalue weighted by Gasteiger charge is -2.19. The Morgan fingerprint density at radius 2 is 2.06 bits per heavy atom. The molecule has 1 aliphatic rings. The van der Waals surface area contributed by atoms with Gasteiger partial charge in [-0.05, 0) is 19.1 Å². The van der Waals surface area contributed by atoms with E-state index in [1.54, 1.807) is 25.1 Å². The normalized spacial score (nSPS) is 15.4. The molecule has 4 nitrogen and oxygen atoms in total. The maximum absolute atomic E-state index is 11.5. The number of alkyl halides is 1. The van der Waals surface area contributed by atoms with Crippen LogP contribution in [0.5, 0.6) is 11.5 Å². The Labute approximate surface area is 102 Å². The predicted molar refractivity (Wildman–Crippen MR) is 64.5 cm³/mol. The second kappa shape index (κ2) is 4.74. The maximum Gasteiger partial charge on any atom is 0.237 e. The zero-order valence-electron chi connectivity index (χ0n) is 8.83. The Balaban J connectivity index is 2.14. The van der Waals surface area contributed by atoms with E-state index in [4.69, 9.17) is 9.47 Å². The molecule has 86 valence electrons. The smallest absolute Gasteiger partial charge is 0.237 e. The minimum atomic E-state index is -0.222. The van der Waals surface area contributed by atoms with Crippen molar-refractivity contribution in [1.29, 1.82) is 0 Å². The lowest BCUT2D eigenvalue weighted by molar-refractivity contribution is -0.115. The number of rotatable bonds is 2. The fourth-order valence-corrected chi connectivity index (χ4v) is 1.48. The van der Waals surface area contributed by atoms with Crippen LogP contribution in [0.3, 0.4) is 0 Å². The summed E-state index contributed by atoms with van der Waals surface area (Å²) in [6, 6.07) is 5.35. The topological polar surface area (TPSA) is 47.6 Å². The summed E-state index contributed by atoms with van der Waals surface area (Å²) >= 11 is 3.20. The number of nitrogens with one attached hydrogen (secondary N) is 1. The fraction of sp³-hybridized carbons (Fsp3) is 0.364. The Morgan fingerprint density at radius 3 is 2.75 bits per heavy atom. The standard InChI is InChI=1S/C11H12BrNO3/c1-7(12)11(14)13-8-2-3-9-10(6-8)16-5-4-15-9/h2-3,6-7H,4-5H2,1H3,(H,13,14)/t7-/m0/s1. The van der Waals surface area contributed by atoms with Crippen LogP contribution in [0.15, 0.2) is 18.2 Å². The third kappa shape index (κ3) is 2.47. The molecular formula is C11H12BrNO3. The van der Waals surface area contributed by atoms with Gasteiger partial charge in [0.1, 0.15) is 13.2 Å². The molecule has 5 heteroatoms. The summed E-state index contributed by atoms with van der Waals surface area (Å²) in [4.78, 5) is 11.2. The van der Waals surface area contributed by atoms with E-state index in [0.717, 1.165) is 5.75 Å². The van der Waals surface area contributed by atoms with E-state index in [-0.39, 0.29) is 10.7 Å². The van der Waals surface area contributed by atoms with Crippen molar-refractivity contribution >= 4 is 27.5 Å². The third-order valence-corrected chi connectivity index (χ3v) is 2.59. The van der Waals surface area contributed by atoms with Gasteiger partial charge in [-0.2, -0.15) is 0 Å². The number of fused-ring (bicyclic) bond motifs is 1. The zero-order chi connectivity index (χ0) is 11.5. The van der Waals surface area contributed by atoms with Crippen molar-refractivity contribution in [1.82, 2.24) is 0 Å². The van der Waals surface area contributed by atoms with Gasteiger partial charge in [0.15, 0.2) is 11.5 Å². The van der Waals surface area contributed by atoms with Crippen LogP contribution in [0.2, 0.25) is 0 Å². The van der Waals surface area contributed by atoms with Crippen molar-refractivity contribution in [3.8, 4) is 11.5 Å². The van der Waals surface area contributed by atoms with E-state index in [2.05, 4.69) is 21.2 Å². The van der Waals surface area contributed by atoms with E-state index in [9.17, 15) is 4.79 Å². The number of halogens is 1. The summed E-state index contributed by atoms with van der Waals surface area (Å²) in [6.45, 7) is 2.88. The van der Waals surface area contributed by atoms with Crippen LogP contribution in [0.1, 0.15) is 6.92 Å². The van der Waals surface area contributed by atoms with Crippen molar-refractivity contribution in [2.75, 3.05) is 18.5 Å². The van der Waals surface area contributed by atoms with Crippen LogP contribution in [-0.4, -0.2) is 23.9 Å². The molecule has 0 fully saturated rings. The zero-order valence-corrected chi connectivity index (χ0v) is 10.4. The molecule has 1 aromatic rings. The number of benzene rings is 1. The molecule has 16 heavy (non-hydrogen) atoms. The molecule has 1 N–H and O–H groups in total. The second-order valence-corrected chi connectivity index (χ2v) is 4.84. The van der Waals surface area contributed by atoms with E-state index in [1.165, 1.54) is 0 Å². The molecule has 0 unspecified atom stereocenters. The highest BCUT2D eigenvalue weighted by Gasteiger charge is 2.14. The molecule has 1 aliphatic heterocycles. The van der Waals surface area contributed by atoms with Crippen LogP contribution in [0, 0.1) is 0 Å². The summed E-state index contributed by atoms with van der Waals surface area (Å²) in [5.41, 5.74) is 0.709. The van der Waals surface area contributed by atoms with E-state index >= 15 is 0 Å². The molecule has 2 rings (SSSR count). The minimum Gasteiger partial charge on any atom is -0.486 e. The molecule has 0 aromatic heterocycles. The number of carbonyl (C=O) groups is 1. The summed E-state index contributed by atoms with van der Waals surface area (Å²) < 4.78 is 10.8. The molecule has 1 heterocycles. The highest BCUT2D eigenvalue weighted by atomic mass is 79.9. The first-order valence-corrected chi connectivity index (χ1v) is 5.93. The quantitative estimate of drug-likeness (QED) is 0.848. The first kappa shape index (κ1) is 11.3. The van der Waals surface area contributed by atoms with Gasteiger partial charge >= 0.3 is 0 Å². The molecule has 0 saturated heterocycles. The number of hydrogen-bond acceptors (Lipinski definition) is 3. The van der Waals surface area contributed by atoms with Crippen molar-refractivity contribution in [2.24, 2.45) is 0 Å². The lowest BCUT2D eigenvalue weighted by atomic mass is 10.2. The average Bonchev–Trinajstić information content (AvgIpc) is 2.28. The van der Waals surface area contributed by atoms with Gasteiger partial charge < -0.3 is 14.8 Å². The Bertz CT molecular complexity index is 406. The second-order valence-electron chi connectivity index (χ2n) is 3.46. The van der Waals surface area contributed by atoms with E-state index < -0.39 is 0 Å². The van der Waals surface area contributed by atoms with Crippen LogP contribution >= 0.6 is 15.9 Å². The van der Waals surface area contributed by atoms with Crippen molar-refractivity contribution < 1.29 is 14.3 Å². The minimum absolute atomic E-state index is 0.0864. The van der Waals surface area contributed by atoms with Crippen molar-refractivity contribution in [3.05, 3.63) is 18.2 Å². The van der Waals surface area contributed by atoms with Crippen LogP contribution in [0.4, 0.5) is 5.69 Å². The number of amides is 1. The van der Waals surface area contributed by atoms with Crippen LogP contribution < -0.4 is 14.8 Å².